The van der Waals surface area contributed by atoms with Gasteiger partial charge >= 0.3 is 0 Å². The van der Waals surface area contributed by atoms with Gasteiger partial charge in [-0.05, 0) is 43.7 Å². The molecule has 0 radical (unpaired) electrons. The number of piperazine rings is 1. The molecular formula is C29H37N5O5S. The summed E-state index contributed by atoms with van der Waals surface area (Å²) >= 11 is 0. The van der Waals surface area contributed by atoms with E-state index in [0.29, 0.717) is 45.1 Å². The third kappa shape index (κ3) is 5.10. The topological polar surface area (TPSA) is 106 Å². The standard InChI is InChI=1S/C29H37N5O5S/c1-21(33-14-16-34(17-15-33)40(35,36)23-10-8-22(37-2)9-11-23)28-31-26-7-4-3-6-24(26)27(32-28)25-20-30-13-12-29(25)38-18-5-19-39-29/h3-4,6-11,21,25,30H,5,12-20H2,1-2H3. The SMILES string of the molecule is COc1ccc(S(=O)(=O)N2CCN(C(C)c3nc(C4CNCCC45OCCCO5)c4ccccc4n3)CC2)cc1. The molecule has 1 N–H and O–H groups in total. The van der Waals surface area contributed by atoms with Gasteiger partial charge < -0.3 is 19.5 Å². The highest BCUT2D eigenvalue weighted by molar-refractivity contribution is 7.89. The molecule has 0 aliphatic carbocycles. The molecule has 0 saturated carbocycles. The van der Waals surface area contributed by atoms with Crippen molar-refractivity contribution in [1.29, 1.82) is 0 Å². The smallest absolute Gasteiger partial charge is 0.243 e. The Balaban J connectivity index is 1.24. The molecule has 3 aromatic rings. The van der Waals surface area contributed by atoms with Crippen LogP contribution in [-0.2, 0) is 19.5 Å². The normalized spacial score (nSPS) is 23.3. The van der Waals surface area contributed by atoms with Crippen LogP contribution < -0.4 is 10.1 Å². The predicted octanol–water partition coefficient (Wildman–Crippen LogP) is 2.92. The molecule has 3 aliphatic heterocycles. The number of nitrogens with one attached hydrogen (secondary N) is 1. The van der Waals surface area contributed by atoms with E-state index in [1.165, 1.54) is 0 Å². The molecular weight excluding hydrogens is 530 g/mol. The molecule has 1 aromatic heterocycles. The molecule has 10 nitrogen and oxygen atoms in total. The molecule has 2 unspecified atom stereocenters. The van der Waals surface area contributed by atoms with Crippen LogP contribution in [0.25, 0.3) is 10.9 Å². The minimum atomic E-state index is -3.58. The van der Waals surface area contributed by atoms with Gasteiger partial charge in [0, 0.05) is 51.1 Å². The number of hydrogen-bond donors (Lipinski definition) is 1. The lowest BCUT2D eigenvalue weighted by Gasteiger charge is -2.46. The van der Waals surface area contributed by atoms with Crippen molar-refractivity contribution < 1.29 is 22.6 Å². The van der Waals surface area contributed by atoms with E-state index < -0.39 is 15.8 Å². The van der Waals surface area contributed by atoms with Gasteiger partial charge in [0.2, 0.25) is 10.0 Å². The number of ether oxygens (including phenoxy) is 3. The summed E-state index contributed by atoms with van der Waals surface area (Å²) in [5.41, 5.74) is 1.84. The zero-order chi connectivity index (χ0) is 27.7. The molecule has 3 fully saturated rings. The Bertz CT molecular complexity index is 1430. The van der Waals surface area contributed by atoms with E-state index >= 15 is 0 Å². The third-order valence-corrected chi connectivity index (χ3v) is 10.3. The Morgan fingerprint density at radius 1 is 1.02 bits per heavy atom. The molecule has 3 saturated heterocycles. The maximum absolute atomic E-state index is 13.3. The van der Waals surface area contributed by atoms with Crippen molar-refractivity contribution in [3.8, 4) is 5.75 Å². The Morgan fingerprint density at radius 3 is 2.48 bits per heavy atom. The maximum atomic E-state index is 13.3. The summed E-state index contributed by atoms with van der Waals surface area (Å²) in [5, 5.41) is 4.53. The monoisotopic (exact) mass is 567 g/mol. The van der Waals surface area contributed by atoms with Gasteiger partial charge in [-0.25, -0.2) is 18.4 Å². The van der Waals surface area contributed by atoms with E-state index in [9.17, 15) is 8.42 Å². The zero-order valence-electron chi connectivity index (χ0n) is 23.1. The lowest BCUT2D eigenvalue weighted by atomic mass is 9.86. The highest BCUT2D eigenvalue weighted by Gasteiger charge is 2.47. The molecule has 6 rings (SSSR count). The van der Waals surface area contributed by atoms with Gasteiger partial charge in [-0.1, -0.05) is 18.2 Å². The Morgan fingerprint density at radius 2 is 1.75 bits per heavy atom. The molecule has 1 spiro atoms. The molecule has 0 amide bonds. The number of aromatic nitrogens is 2. The van der Waals surface area contributed by atoms with Crippen LogP contribution in [0.3, 0.4) is 0 Å². The Hall–Kier alpha value is -2.67. The highest BCUT2D eigenvalue weighted by Crippen LogP contribution is 2.41. The summed E-state index contributed by atoms with van der Waals surface area (Å²) in [6.45, 7) is 7.01. The minimum absolute atomic E-state index is 0.0631. The first-order chi connectivity index (χ1) is 19.4. The second kappa shape index (κ2) is 11.3. The maximum Gasteiger partial charge on any atom is 0.243 e. The summed E-state index contributed by atoms with van der Waals surface area (Å²) in [6, 6.07) is 14.6. The van der Waals surface area contributed by atoms with E-state index in [0.717, 1.165) is 48.4 Å². The van der Waals surface area contributed by atoms with Crippen molar-refractivity contribution in [3.63, 3.8) is 0 Å². The quantitative estimate of drug-likeness (QED) is 0.481. The first-order valence-corrected chi connectivity index (χ1v) is 15.5. The van der Waals surface area contributed by atoms with E-state index in [-0.39, 0.29) is 16.9 Å². The average molecular weight is 568 g/mol. The van der Waals surface area contributed by atoms with Gasteiger partial charge in [-0.15, -0.1) is 0 Å². The molecule has 40 heavy (non-hydrogen) atoms. The minimum Gasteiger partial charge on any atom is -0.497 e. The van der Waals surface area contributed by atoms with Gasteiger partial charge in [0.25, 0.3) is 0 Å². The summed E-state index contributed by atoms with van der Waals surface area (Å²) in [4.78, 5) is 12.7. The number of benzene rings is 2. The molecule has 2 aromatic carbocycles. The molecule has 214 valence electrons. The molecule has 11 heteroatoms. The van der Waals surface area contributed by atoms with Crippen LogP contribution in [0.1, 0.15) is 43.2 Å². The van der Waals surface area contributed by atoms with Crippen molar-refractivity contribution in [2.45, 2.75) is 42.4 Å². The molecule has 4 heterocycles. The highest BCUT2D eigenvalue weighted by atomic mass is 32.2. The van der Waals surface area contributed by atoms with Gasteiger partial charge in [0.05, 0.1) is 48.4 Å². The molecule has 2 atom stereocenters. The average Bonchev–Trinajstić information content (AvgIpc) is 3.01. The summed E-state index contributed by atoms with van der Waals surface area (Å²) in [7, 11) is -2.02. The lowest BCUT2D eigenvalue weighted by molar-refractivity contribution is -0.287. The number of methoxy groups -OCH3 is 1. The lowest BCUT2D eigenvalue weighted by Crippen LogP contribution is -2.54. The van der Waals surface area contributed by atoms with Gasteiger partial charge in [0.15, 0.2) is 5.79 Å². The fraction of sp³-hybridized carbons (Fsp3) is 0.517. The number of hydrogen-bond acceptors (Lipinski definition) is 9. The number of para-hydroxylation sites is 1. The van der Waals surface area contributed by atoms with Crippen LogP contribution in [0.15, 0.2) is 53.4 Å². The van der Waals surface area contributed by atoms with Gasteiger partial charge in [-0.2, -0.15) is 4.31 Å². The first-order valence-electron chi connectivity index (χ1n) is 14.0. The van der Waals surface area contributed by atoms with Gasteiger partial charge in [-0.3, -0.25) is 4.90 Å². The number of sulfonamides is 1. The number of fused-ring (bicyclic) bond motifs is 1. The van der Waals surface area contributed by atoms with Crippen molar-refractivity contribution in [2.24, 2.45) is 0 Å². The van der Waals surface area contributed by atoms with Crippen LogP contribution in [0.4, 0.5) is 0 Å². The van der Waals surface area contributed by atoms with Crippen LogP contribution in [0.5, 0.6) is 5.75 Å². The largest absolute Gasteiger partial charge is 0.497 e. The van der Waals surface area contributed by atoms with E-state index in [4.69, 9.17) is 24.2 Å². The predicted molar refractivity (Wildman–Crippen MR) is 151 cm³/mol. The fourth-order valence-electron chi connectivity index (χ4n) is 6.04. The fourth-order valence-corrected chi connectivity index (χ4v) is 7.47. The van der Waals surface area contributed by atoms with E-state index in [1.807, 2.05) is 18.2 Å². The van der Waals surface area contributed by atoms with Crippen molar-refractivity contribution >= 4 is 20.9 Å². The van der Waals surface area contributed by atoms with Crippen LogP contribution in [0.2, 0.25) is 0 Å². The van der Waals surface area contributed by atoms with Crippen LogP contribution in [0, 0.1) is 0 Å². The van der Waals surface area contributed by atoms with Crippen LogP contribution >= 0.6 is 0 Å². The summed E-state index contributed by atoms with van der Waals surface area (Å²) < 4.78 is 45.9. The number of rotatable bonds is 6. The van der Waals surface area contributed by atoms with Crippen molar-refractivity contribution in [3.05, 3.63) is 60.0 Å². The number of nitrogens with zero attached hydrogens (tertiary/aromatic N) is 4. The van der Waals surface area contributed by atoms with Crippen LogP contribution in [-0.4, -0.2) is 93.0 Å². The second-order valence-electron chi connectivity index (χ2n) is 10.6. The molecule has 3 aliphatic rings. The zero-order valence-corrected chi connectivity index (χ0v) is 23.9. The molecule has 0 bridgehead atoms. The third-order valence-electron chi connectivity index (χ3n) is 8.38. The van der Waals surface area contributed by atoms with Crippen molar-refractivity contribution in [1.82, 2.24) is 24.5 Å². The summed E-state index contributed by atoms with van der Waals surface area (Å²) in [5.74, 6) is 0.621. The Kier molecular flexibility index (Phi) is 7.77. The Labute approximate surface area is 235 Å². The van der Waals surface area contributed by atoms with E-state index in [1.54, 1.807) is 35.7 Å². The first kappa shape index (κ1) is 27.5. The van der Waals surface area contributed by atoms with E-state index in [2.05, 4.69) is 23.2 Å². The van der Waals surface area contributed by atoms with Gasteiger partial charge in [0.1, 0.15) is 11.6 Å². The second-order valence-corrected chi connectivity index (χ2v) is 12.6. The number of piperidine rings is 1. The summed E-state index contributed by atoms with van der Waals surface area (Å²) in [6.07, 6.45) is 1.67. The van der Waals surface area contributed by atoms with Crippen molar-refractivity contribution in [2.75, 3.05) is 59.6 Å².